The average molecular weight is 288 g/mol. The zero-order valence-corrected chi connectivity index (χ0v) is 12.9. The molecule has 0 radical (unpaired) electrons. The Morgan fingerprint density at radius 1 is 1.32 bits per heavy atom. The highest BCUT2D eigenvalue weighted by molar-refractivity contribution is 6.30. The summed E-state index contributed by atoms with van der Waals surface area (Å²) >= 11 is 5.82. The third-order valence-electron chi connectivity index (χ3n) is 3.72. The van der Waals surface area contributed by atoms with Gasteiger partial charge in [0.25, 0.3) is 0 Å². The average Bonchev–Trinajstić information content (AvgIpc) is 2.40. The molecule has 0 heterocycles. The van der Waals surface area contributed by atoms with Gasteiger partial charge in [-0.25, -0.2) is 4.39 Å². The van der Waals surface area contributed by atoms with E-state index in [1.165, 1.54) is 6.07 Å². The Balaban J connectivity index is 3.23. The Bertz CT molecular complexity index is 407. The van der Waals surface area contributed by atoms with Gasteiger partial charge < -0.3 is 10.1 Å². The Labute approximate surface area is 120 Å². The van der Waals surface area contributed by atoms with Crippen LogP contribution in [0.2, 0.25) is 5.02 Å². The molecule has 1 aromatic carbocycles. The monoisotopic (exact) mass is 287 g/mol. The zero-order valence-electron chi connectivity index (χ0n) is 12.1. The van der Waals surface area contributed by atoms with Gasteiger partial charge in [-0.05, 0) is 38.9 Å². The third kappa shape index (κ3) is 3.47. The number of benzene rings is 1. The summed E-state index contributed by atoms with van der Waals surface area (Å²) in [5.41, 5.74) is 0.196. The van der Waals surface area contributed by atoms with Crippen molar-refractivity contribution in [3.63, 3.8) is 0 Å². The third-order valence-corrected chi connectivity index (χ3v) is 3.95. The van der Waals surface area contributed by atoms with E-state index in [2.05, 4.69) is 19.2 Å². The molecule has 0 aliphatic rings. The van der Waals surface area contributed by atoms with Crippen molar-refractivity contribution in [3.8, 4) is 0 Å². The first-order chi connectivity index (χ1) is 9.04. The van der Waals surface area contributed by atoms with Gasteiger partial charge >= 0.3 is 0 Å². The Morgan fingerprint density at radius 2 is 1.95 bits per heavy atom. The molecular formula is C15H23ClFNO. The van der Waals surface area contributed by atoms with Gasteiger partial charge in [0.15, 0.2) is 0 Å². The van der Waals surface area contributed by atoms with Crippen LogP contribution in [-0.4, -0.2) is 19.3 Å². The summed E-state index contributed by atoms with van der Waals surface area (Å²) in [5.74, 6) is -0.294. The second kappa shape index (κ2) is 7.22. The molecule has 1 N–H and O–H groups in total. The molecule has 1 unspecified atom stereocenters. The minimum Gasteiger partial charge on any atom is -0.373 e. The lowest BCUT2D eigenvalue weighted by atomic mass is 9.83. The van der Waals surface area contributed by atoms with E-state index in [4.69, 9.17) is 16.3 Å². The van der Waals surface area contributed by atoms with E-state index in [1.807, 2.05) is 14.0 Å². The number of ether oxygens (including phenoxy) is 1. The van der Waals surface area contributed by atoms with Crippen LogP contribution in [0.3, 0.4) is 0 Å². The first kappa shape index (κ1) is 16.4. The number of likely N-dealkylation sites (N-methyl/N-ethyl adjacent to an activating group) is 1. The second-order valence-electron chi connectivity index (χ2n) is 4.59. The van der Waals surface area contributed by atoms with Gasteiger partial charge in [0.05, 0.1) is 11.6 Å². The quantitative estimate of drug-likeness (QED) is 0.806. The van der Waals surface area contributed by atoms with E-state index < -0.39 is 5.60 Å². The topological polar surface area (TPSA) is 21.3 Å². The molecule has 0 saturated carbocycles. The molecule has 1 aromatic rings. The van der Waals surface area contributed by atoms with E-state index in [-0.39, 0.29) is 11.9 Å². The molecule has 0 amide bonds. The molecular weight excluding hydrogens is 265 g/mol. The maximum Gasteiger partial charge on any atom is 0.129 e. The SMILES string of the molecule is CCOC(CC)(CC)C(NC)c1ccc(Cl)cc1F. The highest BCUT2D eigenvalue weighted by atomic mass is 35.5. The second-order valence-corrected chi connectivity index (χ2v) is 5.03. The molecule has 0 aliphatic carbocycles. The lowest BCUT2D eigenvalue weighted by Gasteiger charge is -2.39. The first-order valence-corrected chi connectivity index (χ1v) is 7.18. The van der Waals surface area contributed by atoms with Crippen molar-refractivity contribution in [1.29, 1.82) is 0 Å². The van der Waals surface area contributed by atoms with Crippen molar-refractivity contribution in [1.82, 2.24) is 5.32 Å². The fourth-order valence-corrected chi connectivity index (χ4v) is 2.83. The summed E-state index contributed by atoms with van der Waals surface area (Å²) in [6.45, 7) is 6.70. The van der Waals surface area contributed by atoms with Gasteiger partial charge in [-0.2, -0.15) is 0 Å². The molecule has 108 valence electrons. The highest BCUT2D eigenvalue weighted by Gasteiger charge is 2.37. The van der Waals surface area contributed by atoms with Crippen molar-refractivity contribution >= 4 is 11.6 Å². The lowest BCUT2D eigenvalue weighted by Crippen LogP contribution is -2.44. The highest BCUT2D eigenvalue weighted by Crippen LogP contribution is 2.36. The van der Waals surface area contributed by atoms with Gasteiger partial charge in [-0.1, -0.05) is 31.5 Å². The molecule has 0 aliphatic heterocycles. The molecule has 19 heavy (non-hydrogen) atoms. The summed E-state index contributed by atoms with van der Waals surface area (Å²) < 4.78 is 20.1. The molecule has 0 bridgehead atoms. The minimum atomic E-state index is -0.405. The molecule has 4 heteroatoms. The fourth-order valence-electron chi connectivity index (χ4n) is 2.67. The Morgan fingerprint density at radius 3 is 2.37 bits per heavy atom. The van der Waals surface area contributed by atoms with Crippen molar-refractivity contribution in [3.05, 3.63) is 34.6 Å². The van der Waals surface area contributed by atoms with Crippen LogP contribution in [0, 0.1) is 5.82 Å². The molecule has 0 fully saturated rings. The summed E-state index contributed by atoms with van der Waals surface area (Å²) in [4.78, 5) is 0. The van der Waals surface area contributed by atoms with Gasteiger partial charge in [-0.15, -0.1) is 0 Å². The van der Waals surface area contributed by atoms with Crippen LogP contribution in [0.25, 0.3) is 0 Å². The van der Waals surface area contributed by atoms with Gasteiger partial charge in [0.1, 0.15) is 5.82 Å². The van der Waals surface area contributed by atoms with Crippen molar-refractivity contribution in [2.45, 2.75) is 45.3 Å². The van der Waals surface area contributed by atoms with Gasteiger partial charge in [0.2, 0.25) is 0 Å². The molecule has 1 atom stereocenters. The molecule has 0 aromatic heterocycles. The number of hydrogen-bond acceptors (Lipinski definition) is 2. The summed E-state index contributed by atoms with van der Waals surface area (Å²) in [6.07, 6.45) is 1.62. The normalized spacial score (nSPS) is 13.6. The van der Waals surface area contributed by atoms with Crippen molar-refractivity contribution in [2.24, 2.45) is 0 Å². The fraction of sp³-hybridized carbons (Fsp3) is 0.600. The van der Waals surface area contributed by atoms with E-state index in [9.17, 15) is 4.39 Å². The number of halogens is 2. The van der Waals surface area contributed by atoms with Crippen molar-refractivity contribution in [2.75, 3.05) is 13.7 Å². The zero-order chi connectivity index (χ0) is 14.5. The summed E-state index contributed by atoms with van der Waals surface area (Å²) in [6, 6.07) is 4.60. The smallest absolute Gasteiger partial charge is 0.129 e. The van der Waals surface area contributed by atoms with Crippen LogP contribution in [0.5, 0.6) is 0 Å². The van der Waals surface area contributed by atoms with Crippen molar-refractivity contribution < 1.29 is 9.13 Å². The van der Waals surface area contributed by atoms with Crippen LogP contribution in [-0.2, 0) is 4.74 Å². The minimum absolute atomic E-state index is 0.195. The first-order valence-electron chi connectivity index (χ1n) is 6.80. The predicted molar refractivity (Wildman–Crippen MR) is 78.1 cm³/mol. The van der Waals surface area contributed by atoms with Crippen LogP contribution in [0.1, 0.15) is 45.2 Å². The van der Waals surface area contributed by atoms with Gasteiger partial charge in [-0.3, -0.25) is 0 Å². The Kier molecular flexibility index (Phi) is 6.24. The van der Waals surface area contributed by atoms with E-state index in [0.717, 1.165) is 12.8 Å². The maximum absolute atomic E-state index is 14.2. The molecule has 0 spiro atoms. The molecule has 0 saturated heterocycles. The molecule has 1 rings (SSSR count). The number of hydrogen-bond donors (Lipinski definition) is 1. The number of rotatable bonds is 7. The summed E-state index contributed by atoms with van der Waals surface area (Å²) in [7, 11) is 1.83. The van der Waals surface area contributed by atoms with Crippen LogP contribution < -0.4 is 5.32 Å². The van der Waals surface area contributed by atoms with E-state index in [1.54, 1.807) is 12.1 Å². The van der Waals surface area contributed by atoms with E-state index in [0.29, 0.717) is 17.2 Å². The maximum atomic E-state index is 14.2. The Hall–Kier alpha value is -0.640. The van der Waals surface area contributed by atoms with Crippen LogP contribution >= 0.6 is 11.6 Å². The largest absolute Gasteiger partial charge is 0.373 e. The predicted octanol–water partition coefficient (Wildman–Crippen LogP) is 4.33. The molecule has 2 nitrogen and oxygen atoms in total. The van der Waals surface area contributed by atoms with Crippen LogP contribution in [0.15, 0.2) is 18.2 Å². The van der Waals surface area contributed by atoms with E-state index >= 15 is 0 Å². The van der Waals surface area contributed by atoms with Gasteiger partial charge in [0, 0.05) is 17.2 Å². The summed E-state index contributed by atoms with van der Waals surface area (Å²) in [5, 5.41) is 3.61. The number of nitrogens with one attached hydrogen (secondary N) is 1. The lowest BCUT2D eigenvalue weighted by molar-refractivity contribution is -0.0724. The standard InChI is InChI=1S/C15H23ClFNO/c1-5-15(6-2,19-7-3)14(18-4)12-9-8-11(16)10-13(12)17/h8-10,14,18H,5-7H2,1-4H3. The van der Waals surface area contributed by atoms with Crippen LogP contribution in [0.4, 0.5) is 4.39 Å².